The van der Waals surface area contributed by atoms with Gasteiger partial charge in [-0.3, -0.25) is 0 Å². The molecule has 0 radical (unpaired) electrons. The van der Waals surface area contributed by atoms with Crippen molar-refractivity contribution < 1.29 is 0 Å². The summed E-state index contributed by atoms with van der Waals surface area (Å²) in [6.45, 7) is 4.39. The Kier molecular flexibility index (Phi) is 2.93. The molecule has 0 amide bonds. The van der Waals surface area contributed by atoms with Crippen molar-refractivity contribution in [2.24, 2.45) is 18.7 Å². The van der Waals surface area contributed by atoms with E-state index in [1.165, 1.54) is 5.69 Å². The minimum atomic E-state index is 0.185. The van der Waals surface area contributed by atoms with Crippen molar-refractivity contribution in [3.05, 3.63) is 24.0 Å². The first-order valence-corrected chi connectivity index (χ1v) is 4.48. The minimum Gasteiger partial charge on any atom is -0.353 e. The molecule has 2 nitrogen and oxygen atoms in total. The van der Waals surface area contributed by atoms with Gasteiger partial charge in [0, 0.05) is 25.0 Å². The molecule has 0 spiro atoms. The van der Waals surface area contributed by atoms with E-state index in [0.29, 0.717) is 5.92 Å². The Bertz CT molecular complexity index is 238. The Labute approximate surface area is 74.4 Å². The SMILES string of the molecule is CC(C)C[C@@H](N)c1cccn1C. The van der Waals surface area contributed by atoms with Crippen LogP contribution in [0.1, 0.15) is 32.0 Å². The molecule has 0 saturated heterocycles. The topological polar surface area (TPSA) is 30.9 Å². The van der Waals surface area contributed by atoms with E-state index >= 15 is 0 Å². The van der Waals surface area contributed by atoms with Gasteiger partial charge in [-0.05, 0) is 24.5 Å². The Morgan fingerprint density at radius 1 is 1.50 bits per heavy atom. The number of hydrogen-bond acceptors (Lipinski definition) is 1. The first-order valence-electron chi connectivity index (χ1n) is 4.48. The highest BCUT2D eigenvalue weighted by molar-refractivity contribution is 5.10. The third kappa shape index (κ3) is 2.11. The lowest BCUT2D eigenvalue weighted by Crippen LogP contribution is -2.15. The Morgan fingerprint density at radius 3 is 2.58 bits per heavy atom. The van der Waals surface area contributed by atoms with Crippen LogP contribution in [0.25, 0.3) is 0 Å². The monoisotopic (exact) mass is 166 g/mol. The molecule has 2 N–H and O–H groups in total. The molecule has 0 aliphatic carbocycles. The zero-order valence-corrected chi connectivity index (χ0v) is 8.12. The molecular weight excluding hydrogens is 148 g/mol. The molecular formula is C10H18N2. The standard InChI is InChI=1S/C10H18N2/c1-8(2)7-9(11)10-5-4-6-12(10)3/h4-6,8-9H,7,11H2,1-3H3/t9-/m1/s1. The van der Waals surface area contributed by atoms with Crippen molar-refractivity contribution in [1.82, 2.24) is 4.57 Å². The van der Waals surface area contributed by atoms with Crippen LogP contribution in [0.4, 0.5) is 0 Å². The average Bonchev–Trinajstić information content (AvgIpc) is 2.33. The lowest BCUT2D eigenvalue weighted by Gasteiger charge is -2.14. The molecule has 1 aromatic heterocycles. The summed E-state index contributed by atoms with van der Waals surface area (Å²) in [6.07, 6.45) is 3.09. The van der Waals surface area contributed by atoms with E-state index < -0.39 is 0 Å². The van der Waals surface area contributed by atoms with Gasteiger partial charge < -0.3 is 10.3 Å². The predicted octanol–water partition coefficient (Wildman–Crippen LogP) is 2.07. The molecule has 0 aromatic carbocycles. The zero-order chi connectivity index (χ0) is 9.14. The molecule has 0 fully saturated rings. The summed E-state index contributed by atoms with van der Waals surface area (Å²) in [5.74, 6) is 0.662. The highest BCUT2D eigenvalue weighted by Gasteiger charge is 2.09. The summed E-state index contributed by atoms with van der Waals surface area (Å²) in [5.41, 5.74) is 7.25. The van der Waals surface area contributed by atoms with E-state index in [9.17, 15) is 0 Å². The Hall–Kier alpha value is -0.760. The van der Waals surface area contributed by atoms with Crippen LogP contribution in [0, 0.1) is 5.92 Å². The van der Waals surface area contributed by atoms with Crippen LogP contribution in [0.3, 0.4) is 0 Å². The smallest absolute Gasteiger partial charge is 0.0452 e. The highest BCUT2D eigenvalue weighted by Crippen LogP contribution is 2.17. The van der Waals surface area contributed by atoms with E-state index in [2.05, 4.69) is 24.5 Å². The number of nitrogens with zero attached hydrogens (tertiary/aromatic N) is 1. The van der Waals surface area contributed by atoms with Crippen molar-refractivity contribution in [3.8, 4) is 0 Å². The van der Waals surface area contributed by atoms with Gasteiger partial charge in [-0.25, -0.2) is 0 Å². The fourth-order valence-corrected chi connectivity index (χ4v) is 1.49. The van der Waals surface area contributed by atoms with Gasteiger partial charge in [0.1, 0.15) is 0 Å². The van der Waals surface area contributed by atoms with Crippen molar-refractivity contribution in [3.63, 3.8) is 0 Å². The quantitative estimate of drug-likeness (QED) is 0.732. The maximum atomic E-state index is 6.02. The van der Waals surface area contributed by atoms with Gasteiger partial charge in [0.2, 0.25) is 0 Å². The maximum absolute atomic E-state index is 6.02. The summed E-state index contributed by atoms with van der Waals surface area (Å²) in [5, 5.41) is 0. The van der Waals surface area contributed by atoms with Gasteiger partial charge in [0.15, 0.2) is 0 Å². The molecule has 68 valence electrons. The third-order valence-electron chi connectivity index (χ3n) is 2.09. The fraction of sp³-hybridized carbons (Fsp3) is 0.600. The second-order valence-corrected chi connectivity index (χ2v) is 3.78. The summed E-state index contributed by atoms with van der Waals surface area (Å²) < 4.78 is 2.09. The van der Waals surface area contributed by atoms with E-state index in [1.54, 1.807) is 0 Å². The second kappa shape index (κ2) is 3.76. The summed E-state index contributed by atoms with van der Waals surface area (Å²) in [4.78, 5) is 0. The van der Waals surface area contributed by atoms with E-state index in [-0.39, 0.29) is 6.04 Å². The molecule has 1 heterocycles. The fourth-order valence-electron chi connectivity index (χ4n) is 1.49. The van der Waals surface area contributed by atoms with Gasteiger partial charge in [0.25, 0.3) is 0 Å². The number of nitrogens with two attached hydrogens (primary N) is 1. The van der Waals surface area contributed by atoms with Crippen LogP contribution < -0.4 is 5.73 Å². The third-order valence-corrected chi connectivity index (χ3v) is 2.09. The number of rotatable bonds is 3. The minimum absolute atomic E-state index is 0.185. The van der Waals surface area contributed by atoms with E-state index in [0.717, 1.165) is 6.42 Å². The normalized spacial score (nSPS) is 13.8. The first kappa shape index (κ1) is 9.33. The molecule has 0 unspecified atom stereocenters. The zero-order valence-electron chi connectivity index (χ0n) is 8.12. The lowest BCUT2D eigenvalue weighted by atomic mass is 10.0. The van der Waals surface area contributed by atoms with Gasteiger partial charge in [0.05, 0.1) is 0 Å². The molecule has 2 heteroatoms. The molecule has 1 atom stereocenters. The highest BCUT2D eigenvalue weighted by atomic mass is 14.9. The van der Waals surface area contributed by atoms with Crippen LogP contribution in [0.2, 0.25) is 0 Å². The summed E-state index contributed by atoms with van der Waals surface area (Å²) in [6, 6.07) is 4.31. The number of aromatic nitrogens is 1. The van der Waals surface area contributed by atoms with Gasteiger partial charge in [-0.2, -0.15) is 0 Å². The summed E-state index contributed by atoms with van der Waals surface area (Å²) in [7, 11) is 2.04. The number of hydrogen-bond donors (Lipinski definition) is 1. The van der Waals surface area contributed by atoms with Gasteiger partial charge in [-0.1, -0.05) is 13.8 Å². The molecule has 12 heavy (non-hydrogen) atoms. The molecule has 0 aliphatic heterocycles. The molecule has 1 aromatic rings. The second-order valence-electron chi connectivity index (χ2n) is 3.78. The predicted molar refractivity (Wildman–Crippen MR) is 51.8 cm³/mol. The average molecular weight is 166 g/mol. The van der Waals surface area contributed by atoms with Crippen LogP contribution in [-0.2, 0) is 7.05 Å². The van der Waals surface area contributed by atoms with Gasteiger partial charge >= 0.3 is 0 Å². The lowest BCUT2D eigenvalue weighted by molar-refractivity contribution is 0.493. The van der Waals surface area contributed by atoms with E-state index in [1.807, 2.05) is 19.3 Å². The number of aryl methyl sites for hydroxylation is 1. The van der Waals surface area contributed by atoms with Gasteiger partial charge in [-0.15, -0.1) is 0 Å². The molecule has 0 aliphatic rings. The molecule has 0 bridgehead atoms. The van der Waals surface area contributed by atoms with Crippen LogP contribution >= 0.6 is 0 Å². The molecule has 0 saturated carbocycles. The largest absolute Gasteiger partial charge is 0.353 e. The Morgan fingerprint density at radius 2 is 2.17 bits per heavy atom. The van der Waals surface area contributed by atoms with Crippen LogP contribution in [0.5, 0.6) is 0 Å². The first-order chi connectivity index (χ1) is 5.61. The maximum Gasteiger partial charge on any atom is 0.0452 e. The van der Waals surface area contributed by atoms with Crippen molar-refractivity contribution in [2.75, 3.05) is 0 Å². The molecule has 1 rings (SSSR count). The Balaban J connectivity index is 2.65. The van der Waals surface area contributed by atoms with Crippen LogP contribution in [0.15, 0.2) is 18.3 Å². The summed E-state index contributed by atoms with van der Waals surface area (Å²) >= 11 is 0. The van der Waals surface area contributed by atoms with Crippen molar-refractivity contribution in [2.45, 2.75) is 26.3 Å². The van der Waals surface area contributed by atoms with E-state index in [4.69, 9.17) is 5.73 Å². The van der Waals surface area contributed by atoms with Crippen molar-refractivity contribution in [1.29, 1.82) is 0 Å². The van der Waals surface area contributed by atoms with Crippen LogP contribution in [-0.4, -0.2) is 4.57 Å². The van der Waals surface area contributed by atoms with Crippen molar-refractivity contribution >= 4 is 0 Å².